The van der Waals surface area contributed by atoms with Crippen molar-refractivity contribution in [3.05, 3.63) is 310 Å². The van der Waals surface area contributed by atoms with Gasteiger partial charge in [0.1, 0.15) is 5.82 Å². The van der Waals surface area contributed by atoms with Gasteiger partial charge in [-0.05, 0) is 84.2 Å². The quantitative estimate of drug-likeness (QED) is 0.128. The number of aromatic nitrogens is 4. The third kappa shape index (κ3) is 8.49. The fourth-order valence-corrected chi connectivity index (χ4v) is 13.7. The molecule has 16 aromatic rings. The Morgan fingerprint density at radius 3 is 1.42 bits per heavy atom. The summed E-state index contributed by atoms with van der Waals surface area (Å²) in [6.07, 6.45) is 1.92. The maximum Gasteiger partial charge on any atom is 0.136 e. The second-order valence-electron chi connectivity index (χ2n) is 22.3. The van der Waals surface area contributed by atoms with Crippen molar-refractivity contribution in [2.24, 2.45) is 0 Å². The van der Waals surface area contributed by atoms with Crippen LogP contribution in [0.25, 0.3) is 116 Å². The number of para-hydroxylation sites is 8. The molecule has 12 aromatic carbocycles. The van der Waals surface area contributed by atoms with Crippen LogP contribution in [0.5, 0.6) is 0 Å². The molecule has 4 aromatic heterocycles. The molecule has 0 saturated carbocycles. The number of anilines is 6. The zero-order valence-corrected chi connectivity index (χ0v) is 50.4. The predicted octanol–water partition coefficient (Wildman–Crippen LogP) is 20.0. The molecule has 5 heterocycles. The van der Waals surface area contributed by atoms with Crippen LogP contribution in [0.4, 0.5) is 34.1 Å². The average Bonchev–Trinajstić information content (AvgIpc) is 1.72. The topological polar surface area (TPSA) is 61.2 Å². The van der Waals surface area contributed by atoms with Gasteiger partial charge in [-0.1, -0.05) is 205 Å². The minimum Gasteiger partial charge on any atom is -0.504 e. The molecule has 8 nitrogen and oxygen atoms in total. The van der Waals surface area contributed by atoms with Gasteiger partial charge in [0.25, 0.3) is 0 Å². The number of nitrogens with zero attached hydrogens (tertiary/aromatic N) is 8. The number of rotatable bonds is 10. The van der Waals surface area contributed by atoms with Crippen molar-refractivity contribution in [2.45, 2.75) is 0 Å². The molecule has 0 aliphatic carbocycles. The van der Waals surface area contributed by atoms with Crippen LogP contribution in [0.2, 0.25) is 0 Å². The Bertz CT molecular complexity index is 5200. The van der Waals surface area contributed by atoms with Crippen LogP contribution in [0, 0.1) is 30.1 Å². The molecular formula is C80H51N8Pt-3. The SMILES string of the molecule is CN1[CH-]N(c2[c-]c(N(c3[c-]c4c(cc3)c3ccccc3n4-c3cc(C#N)c(-c4c(-n5c6ccccc6c6ccccc65)cccc4-n4c5ccccc5c5ccccc54)cn3)c3c(-c4ccccc4)cccc3-c3ccccc3)ccc2)c2ccccc21.[Pt]. The van der Waals surface area contributed by atoms with Crippen LogP contribution in [0.3, 0.4) is 0 Å². The van der Waals surface area contributed by atoms with Crippen LogP contribution < -0.4 is 14.7 Å². The molecule has 0 N–H and O–H groups in total. The Morgan fingerprint density at radius 2 is 0.865 bits per heavy atom. The summed E-state index contributed by atoms with van der Waals surface area (Å²) >= 11 is 0. The first-order chi connectivity index (χ1) is 43.6. The maximum atomic E-state index is 11.8. The third-order valence-corrected chi connectivity index (χ3v) is 17.5. The van der Waals surface area contributed by atoms with Gasteiger partial charge in [-0.25, -0.2) is 4.98 Å². The summed E-state index contributed by atoms with van der Waals surface area (Å²) in [5, 5.41) is 18.4. The number of fused-ring (bicyclic) bond motifs is 10. The Hall–Kier alpha value is -11.2. The van der Waals surface area contributed by atoms with Crippen molar-refractivity contribution in [1.82, 2.24) is 18.7 Å². The smallest absolute Gasteiger partial charge is 0.136 e. The molecule has 1 aliphatic rings. The molecule has 0 saturated heterocycles. The van der Waals surface area contributed by atoms with Crippen molar-refractivity contribution in [2.75, 3.05) is 21.7 Å². The van der Waals surface area contributed by atoms with E-state index >= 15 is 0 Å². The summed E-state index contributed by atoms with van der Waals surface area (Å²) in [4.78, 5) is 12.2. The fourth-order valence-electron chi connectivity index (χ4n) is 13.7. The molecule has 0 amide bonds. The van der Waals surface area contributed by atoms with Gasteiger partial charge in [0.05, 0.1) is 50.8 Å². The Kier molecular flexibility index (Phi) is 12.9. The van der Waals surface area contributed by atoms with E-state index in [4.69, 9.17) is 4.98 Å². The van der Waals surface area contributed by atoms with Gasteiger partial charge in [-0.3, -0.25) is 0 Å². The number of nitriles is 1. The van der Waals surface area contributed by atoms with Crippen molar-refractivity contribution < 1.29 is 21.1 Å². The van der Waals surface area contributed by atoms with Crippen molar-refractivity contribution >= 4 is 99.5 Å². The molecule has 0 fully saturated rings. The van der Waals surface area contributed by atoms with E-state index in [0.717, 1.165) is 139 Å². The van der Waals surface area contributed by atoms with E-state index in [-0.39, 0.29) is 21.1 Å². The maximum absolute atomic E-state index is 11.8. The van der Waals surface area contributed by atoms with E-state index in [0.29, 0.717) is 16.9 Å². The summed E-state index contributed by atoms with van der Waals surface area (Å²) in [6, 6.07) is 109. The van der Waals surface area contributed by atoms with Crippen LogP contribution in [0.1, 0.15) is 5.56 Å². The molecule has 0 spiro atoms. The summed E-state index contributed by atoms with van der Waals surface area (Å²) < 4.78 is 6.89. The largest absolute Gasteiger partial charge is 0.504 e. The minimum absolute atomic E-state index is 0. The van der Waals surface area contributed by atoms with E-state index in [1.807, 2.05) is 12.3 Å². The van der Waals surface area contributed by atoms with E-state index in [2.05, 4.69) is 333 Å². The van der Waals surface area contributed by atoms with E-state index in [1.54, 1.807) is 0 Å². The van der Waals surface area contributed by atoms with Gasteiger partial charge >= 0.3 is 0 Å². The standard InChI is InChI=1S/C80H51N8.Pt/c1-83-52-84(74-42-19-18-41-73(74)83)56-27-20-28-57(48-56)85(80-59(53-23-4-2-5-24-53)34-21-35-60(80)54-25-6-3-7-26-54)58-45-46-66-65-33-12-17-40-72(65)88(77(66)49-58)78-47-55(50-81)67(51-82-78)79-75(86-68-36-13-8-29-61(68)62-30-9-14-37-69(62)86)43-22-44-76(79)87-70-38-15-10-31-63(70)64-32-11-16-39-71(64)87;/h2-47,51-52H,1H3;/q-3;. The van der Waals surface area contributed by atoms with E-state index in [9.17, 15) is 5.26 Å². The molecule has 17 rings (SSSR count). The van der Waals surface area contributed by atoms with Crippen LogP contribution >= 0.6 is 0 Å². The van der Waals surface area contributed by atoms with Crippen LogP contribution in [-0.4, -0.2) is 25.7 Å². The van der Waals surface area contributed by atoms with Gasteiger partial charge in [0.15, 0.2) is 0 Å². The van der Waals surface area contributed by atoms with Gasteiger partial charge in [-0.2, -0.15) is 24.1 Å². The van der Waals surface area contributed by atoms with Crippen LogP contribution in [-0.2, 0) is 21.1 Å². The Morgan fingerprint density at radius 1 is 0.416 bits per heavy atom. The average molecular weight is 1320 g/mol. The first kappa shape index (κ1) is 53.3. The molecule has 0 bridgehead atoms. The first-order valence-electron chi connectivity index (χ1n) is 29.6. The normalized spacial score (nSPS) is 12.1. The van der Waals surface area contributed by atoms with Gasteiger partial charge in [-0.15, -0.1) is 41.4 Å². The first-order valence-corrected chi connectivity index (χ1v) is 29.6. The van der Waals surface area contributed by atoms with E-state index < -0.39 is 0 Å². The summed E-state index contributed by atoms with van der Waals surface area (Å²) in [5.74, 6) is 0.592. The molecule has 0 atom stereocenters. The zero-order valence-electron chi connectivity index (χ0n) is 48.1. The van der Waals surface area contributed by atoms with Gasteiger partial charge in [0.2, 0.25) is 0 Å². The second kappa shape index (κ2) is 21.6. The van der Waals surface area contributed by atoms with Crippen molar-refractivity contribution in [3.8, 4) is 56.6 Å². The van der Waals surface area contributed by atoms with Gasteiger partial charge < -0.3 is 28.4 Å². The number of hydrogen-bond acceptors (Lipinski definition) is 5. The second-order valence-corrected chi connectivity index (χ2v) is 22.3. The molecule has 89 heavy (non-hydrogen) atoms. The summed E-state index contributed by atoms with van der Waals surface area (Å²) in [6.45, 7) is 2.12. The molecular weight excluding hydrogens is 1270 g/mol. The molecule has 9 heteroatoms. The Balaban J connectivity index is 0.00000636. The summed E-state index contributed by atoms with van der Waals surface area (Å²) in [7, 11) is 2.08. The number of benzene rings is 12. The third-order valence-electron chi connectivity index (χ3n) is 17.5. The monoisotopic (exact) mass is 1320 g/mol. The van der Waals surface area contributed by atoms with Gasteiger partial charge in [0, 0.05) is 88.0 Å². The van der Waals surface area contributed by atoms with Crippen molar-refractivity contribution in [3.63, 3.8) is 0 Å². The fraction of sp³-hybridized carbons (Fsp3) is 0.0125. The summed E-state index contributed by atoms with van der Waals surface area (Å²) in [5.41, 5.74) is 19.9. The number of hydrogen-bond donors (Lipinski definition) is 0. The Labute approximate surface area is 529 Å². The zero-order chi connectivity index (χ0) is 58.4. The van der Waals surface area contributed by atoms with Crippen molar-refractivity contribution in [1.29, 1.82) is 5.26 Å². The molecule has 1 aliphatic heterocycles. The number of pyridine rings is 1. The predicted molar refractivity (Wildman–Crippen MR) is 362 cm³/mol. The van der Waals surface area contributed by atoms with E-state index in [1.165, 1.54) is 0 Å². The molecule has 0 unspecified atom stereocenters. The molecule has 424 valence electrons. The molecule has 0 radical (unpaired) electrons. The van der Waals surface area contributed by atoms with Crippen LogP contribution in [0.15, 0.2) is 285 Å². The minimum atomic E-state index is 0.